The van der Waals surface area contributed by atoms with Crippen LogP contribution in [0.2, 0.25) is 0 Å². The van der Waals surface area contributed by atoms with Gasteiger partial charge in [-0.25, -0.2) is 0 Å². The first kappa shape index (κ1) is 12.4. The Hall–Kier alpha value is -0.0800. The first-order chi connectivity index (χ1) is 7.83. The van der Waals surface area contributed by atoms with E-state index in [1.165, 1.54) is 58.0 Å². The van der Waals surface area contributed by atoms with Gasteiger partial charge < -0.3 is 10.2 Å². The van der Waals surface area contributed by atoms with E-state index in [0.717, 1.165) is 18.0 Å². The largest absolute Gasteiger partial charge is 0.317 e. The molecule has 1 saturated heterocycles. The highest BCUT2D eigenvalue weighted by molar-refractivity contribution is 4.87. The first-order valence-corrected chi connectivity index (χ1v) is 7.25. The number of hydrogen-bond donors (Lipinski definition) is 1. The fraction of sp³-hybridized carbons (Fsp3) is 1.00. The standard InChI is InChI=1S/C14H28N2/c1-3-12-6-4-8-14(12)16(2)13-7-5-10-15-11-9-13/h12-15H,3-11H2,1-2H3. The van der Waals surface area contributed by atoms with Crippen molar-refractivity contribution in [3.05, 3.63) is 0 Å². The predicted molar refractivity (Wildman–Crippen MR) is 69.7 cm³/mol. The molecule has 1 N–H and O–H groups in total. The number of rotatable bonds is 3. The Morgan fingerprint density at radius 2 is 1.94 bits per heavy atom. The Kier molecular flexibility index (Phi) is 4.66. The SMILES string of the molecule is CCC1CCCC1N(C)C1CCCNCC1. The molecule has 1 aliphatic carbocycles. The van der Waals surface area contributed by atoms with E-state index in [-0.39, 0.29) is 0 Å². The fourth-order valence-corrected chi connectivity index (χ4v) is 3.71. The van der Waals surface area contributed by atoms with Crippen LogP contribution < -0.4 is 5.32 Å². The van der Waals surface area contributed by atoms with E-state index in [2.05, 4.69) is 24.2 Å². The molecule has 1 saturated carbocycles. The summed E-state index contributed by atoms with van der Waals surface area (Å²) in [5.41, 5.74) is 0. The minimum absolute atomic E-state index is 0.840. The predicted octanol–water partition coefficient (Wildman–Crippen LogP) is 2.64. The Bertz CT molecular complexity index is 197. The summed E-state index contributed by atoms with van der Waals surface area (Å²) in [7, 11) is 2.38. The Morgan fingerprint density at radius 1 is 1.06 bits per heavy atom. The van der Waals surface area contributed by atoms with E-state index in [1.807, 2.05) is 0 Å². The molecule has 2 aliphatic rings. The van der Waals surface area contributed by atoms with Crippen molar-refractivity contribution in [2.24, 2.45) is 5.92 Å². The molecule has 16 heavy (non-hydrogen) atoms. The summed E-state index contributed by atoms with van der Waals surface area (Å²) in [6.45, 7) is 4.82. The molecule has 0 aromatic heterocycles. The van der Waals surface area contributed by atoms with Crippen LogP contribution in [0.15, 0.2) is 0 Å². The van der Waals surface area contributed by atoms with Crippen LogP contribution in [0.1, 0.15) is 51.9 Å². The van der Waals surface area contributed by atoms with Crippen molar-refractivity contribution in [3.63, 3.8) is 0 Å². The van der Waals surface area contributed by atoms with Crippen molar-refractivity contribution in [3.8, 4) is 0 Å². The third-order valence-corrected chi connectivity index (χ3v) is 4.79. The third-order valence-electron chi connectivity index (χ3n) is 4.79. The van der Waals surface area contributed by atoms with Crippen molar-refractivity contribution in [1.82, 2.24) is 10.2 Å². The molecule has 0 aromatic rings. The monoisotopic (exact) mass is 224 g/mol. The number of nitrogens with zero attached hydrogens (tertiary/aromatic N) is 1. The highest BCUT2D eigenvalue weighted by Gasteiger charge is 2.32. The van der Waals surface area contributed by atoms with Gasteiger partial charge in [-0.3, -0.25) is 0 Å². The zero-order valence-electron chi connectivity index (χ0n) is 11.0. The second kappa shape index (κ2) is 6.02. The smallest absolute Gasteiger partial charge is 0.0123 e. The Morgan fingerprint density at radius 3 is 2.75 bits per heavy atom. The summed E-state index contributed by atoms with van der Waals surface area (Å²) in [6, 6.07) is 1.72. The lowest BCUT2D eigenvalue weighted by Crippen LogP contribution is -2.42. The van der Waals surface area contributed by atoms with Gasteiger partial charge in [-0.15, -0.1) is 0 Å². The molecular weight excluding hydrogens is 196 g/mol. The quantitative estimate of drug-likeness (QED) is 0.793. The van der Waals surface area contributed by atoms with Gasteiger partial charge in [0.1, 0.15) is 0 Å². The molecule has 2 rings (SSSR count). The van der Waals surface area contributed by atoms with E-state index >= 15 is 0 Å². The van der Waals surface area contributed by atoms with Crippen LogP contribution in [0.3, 0.4) is 0 Å². The van der Waals surface area contributed by atoms with E-state index in [1.54, 1.807) is 0 Å². The molecule has 2 heteroatoms. The summed E-state index contributed by atoms with van der Waals surface area (Å²) in [5, 5.41) is 3.52. The molecule has 94 valence electrons. The second-order valence-electron chi connectivity index (χ2n) is 5.67. The average Bonchev–Trinajstić information content (AvgIpc) is 2.61. The molecule has 0 amide bonds. The normalized spacial score (nSPS) is 36.6. The van der Waals surface area contributed by atoms with Gasteiger partial charge in [-0.2, -0.15) is 0 Å². The van der Waals surface area contributed by atoms with E-state index in [4.69, 9.17) is 0 Å². The number of hydrogen-bond acceptors (Lipinski definition) is 2. The average molecular weight is 224 g/mol. The van der Waals surface area contributed by atoms with Gasteiger partial charge >= 0.3 is 0 Å². The van der Waals surface area contributed by atoms with Crippen LogP contribution >= 0.6 is 0 Å². The molecule has 2 fully saturated rings. The van der Waals surface area contributed by atoms with Crippen LogP contribution in [0.5, 0.6) is 0 Å². The van der Waals surface area contributed by atoms with E-state index in [9.17, 15) is 0 Å². The van der Waals surface area contributed by atoms with Gasteiger partial charge in [-0.05, 0) is 58.2 Å². The van der Waals surface area contributed by atoms with Crippen LogP contribution in [0.4, 0.5) is 0 Å². The molecule has 1 aliphatic heterocycles. The molecule has 0 radical (unpaired) electrons. The first-order valence-electron chi connectivity index (χ1n) is 7.25. The summed E-state index contributed by atoms with van der Waals surface area (Å²) in [6.07, 6.45) is 9.85. The highest BCUT2D eigenvalue weighted by atomic mass is 15.2. The summed E-state index contributed by atoms with van der Waals surface area (Å²) in [5.74, 6) is 0.973. The van der Waals surface area contributed by atoms with Crippen molar-refractivity contribution in [2.75, 3.05) is 20.1 Å². The fourth-order valence-electron chi connectivity index (χ4n) is 3.71. The van der Waals surface area contributed by atoms with Gasteiger partial charge in [0, 0.05) is 12.1 Å². The molecular formula is C14H28N2. The van der Waals surface area contributed by atoms with Crippen molar-refractivity contribution in [2.45, 2.75) is 64.0 Å². The maximum atomic E-state index is 3.52. The van der Waals surface area contributed by atoms with Gasteiger partial charge in [0.15, 0.2) is 0 Å². The van der Waals surface area contributed by atoms with Gasteiger partial charge in [0.25, 0.3) is 0 Å². The van der Waals surface area contributed by atoms with Crippen molar-refractivity contribution >= 4 is 0 Å². The molecule has 2 nitrogen and oxygen atoms in total. The van der Waals surface area contributed by atoms with E-state index in [0.29, 0.717) is 0 Å². The molecule has 1 heterocycles. The Labute approximate surface area is 101 Å². The maximum Gasteiger partial charge on any atom is 0.0123 e. The number of nitrogens with one attached hydrogen (secondary N) is 1. The Balaban J connectivity index is 1.91. The maximum absolute atomic E-state index is 3.52. The molecule has 3 unspecified atom stereocenters. The second-order valence-corrected chi connectivity index (χ2v) is 5.67. The molecule has 0 bridgehead atoms. The summed E-state index contributed by atoms with van der Waals surface area (Å²) < 4.78 is 0. The topological polar surface area (TPSA) is 15.3 Å². The van der Waals surface area contributed by atoms with Crippen molar-refractivity contribution < 1.29 is 0 Å². The lowest BCUT2D eigenvalue weighted by molar-refractivity contribution is 0.128. The zero-order chi connectivity index (χ0) is 11.4. The molecule has 0 aromatic carbocycles. The van der Waals surface area contributed by atoms with Crippen molar-refractivity contribution in [1.29, 1.82) is 0 Å². The van der Waals surface area contributed by atoms with Crippen LogP contribution in [0, 0.1) is 5.92 Å². The van der Waals surface area contributed by atoms with Gasteiger partial charge in [0.05, 0.1) is 0 Å². The summed E-state index contributed by atoms with van der Waals surface area (Å²) >= 11 is 0. The zero-order valence-corrected chi connectivity index (χ0v) is 11.0. The van der Waals surface area contributed by atoms with Gasteiger partial charge in [-0.1, -0.05) is 19.8 Å². The summed E-state index contributed by atoms with van der Waals surface area (Å²) in [4.78, 5) is 2.73. The van der Waals surface area contributed by atoms with Crippen LogP contribution in [-0.4, -0.2) is 37.1 Å². The minimum atomic E-state index is 0.840. The van der Waals surface area contributed by atoms with Crippen LogP contribution in [-0.2, 0) is 0 Å². The lowest BCUT2D eigenvalue weighted by atomic mass is 9.96. The van der Waals surface area contributed by atoms with Crippen LogP contribution in [0.25, 0.3) is 0 Å². The highest BCUT2D eigenvalue weighted by Crippen LogP contribution is 2.33. The molecule has 3 atom stereocenters. The van der Waals surface area contributed by atoms with Gasteiger partial charge in [0.2, 0.25) is 0 Å². The lowest BCUT2D eigenvalue weighted by Gasteiger charge is -2.35. The van der Waals surface area contributed by atoms with E-state index < -0.39 is 0 Å². The molecule has 0 spiro atoms. The third kappa shape index (κ3) is 2.78. The minimum Gasteiger partial charge on any atom is -0.317 e.